The molecule has 0 aromatic rings. The predicted octanol–water partition coefficient (Wildman–Crippen LogP) is -1.52. The standard InChI is InChI=1S/2C3H4O2.Ca.2H2O/c2*1-2-3(4)5;;;/h2*2H,1H2,(H,4,5);;2*1H2. The van der Waals surface area contributed by atoms with E-state index in [2.05, 4.69) is 13.2 Å². The summed E-state index contributed by atoms with van der Waals surface area (Å²) >= 11 is 0. The summed E-state index contributed by atoms with van der Waals surface area (Å²) in [5.74, 6) is -1.96. The summed E-state index contributed by atoms with van der Waals surface area (Å²) in [6, 6.07) is 0. The van der Waals surface area contributed by atoms with Gasteiger partial charge in [-0.25, -0.2) is 9.59 Å². The zero-order valence-corrected chi connectivity index (χ0v) is 9.20. The maximum atomic E-state index is 9.25. The van der Waals surface area contributed by atoms with Crippen molar-refractivity contribution in [2.45, 2.75) is 0 Å². The van der Waals surface area contributed by atoms with Crippen LogP contribution in [0.1, 0.15) is 0 Å². The Hall–Kier alpha value is -0.400. The summed E-state index contributed by atoms with van der Waals surface area (Å²) in [6.45, 7) is 5.92. The Morgan fingerprint density at radius 2 is 1.00 bits per heavy atom. The van der Waals surface area contributed by atoms with Crippen molar-refractivity contribution in [3.05, 3.63) is 25.3 Å². The molecule has 7 heteroatoms. The van der Waals surface area contributed by atoms with E-state index in [1.165, 1.54) is 0 Å². The first-order valence-electron chi connectivity index (χ1n) is 2.25. The molecule has 0 spiro atoms. The van der Waals surface area contributed by atoms with Crippen molar-refractivity contribution in [1.82, 2.24) is 0 Å². The zero-order chi connectivity index (χ0) is 8.57. The van der Waals surface area contributed by atoms with Gasteiger partial charge in [0.25, 0.3) is 0 Å². The van der Waals surface area contributed by atoms with Gasteiger partial charge in [-0.15, -0.1) is 0 Å². The van der Waals surface area contributed by atoms with Crippen molar-refractivity contribution < 1.29 is 30.8 Å². The number of carbonyl (C=O) groups is 2. The van der Waals surface area contributed by atoms with Gasteiger partial charge in [0.1, 0.15) is 0 Å². The van der Waals surface area contributed by atoms with Crippen molar-refractivity contribution >= 4 is 49.7 Å². The smallest absolute Gasteiger partial charge is 0.327 e. The molecule has 0 aliphatic rings. The van der Waals surface area contributed by atoms with Crippen molar-refractivity contribution in [3.63, 3.8) is 0 Å². The van der Waals surface area contributed by atoms with Crippen LogP contribution in [0.25, 0.3) is 0 Å². The van der Waals surface area contributed by atoms with Crippen molar-refractivity contribution in [2.75, 3.05) is 0 Å². The van der Waals surface area contributed by atoms with Gasteiger partial charge in [-0.1, -0.05) is 13.2 Å². The second-order valence-corrected chi connectivity index (χ2v) is 1.08. The predicted molar refractivity (Wildman–Crippen MR) is 48.6 cm³/mol. The first-order chi connectivity index (χ1) is 4.54. The van der Waals surface area contributed by atoms with E-state index in [-0.39, 0.29) is 48.7 Å². The molecule has 0 amide bonds. The Morgan fingerprint density at radius 1 is 0.923 bits per heavy atom. The number of carboxylic acid groups (broad SMARTS) is 2. The molecular weight excluding hydrogens is 208 g/mol. The zero-order valence-electron chi connectivity index (χ0n) is 6.99. The second kappa shape index (κ2) is 22.6. The molecule has 2 radical (unpaired) electrons. The Balaban J connectivity index is -0.0000000267. The number of rotatable bonds is 2. The minimum Gasteiger partial charge on any atom is -0.478 e. The molecule has 0 fully saturated rings. The van der Waals surface area contributed by atoms with E-state index in [1.807, 2.05) is 0 Å². The van der Waals surface area contributed by atoms with Crippen LogP contribution in [0, 0.1) is 0 Å². The summed E-state index contributed by atoms with van der Waals surface area (Å²) in [5.41, 5.74) is 0. The quantitative estimate of drug-likeness (QED) is 0.431. The summed E-state index contributed by atoms with van der Waals surface area (Å²) in [7, 11) is 0. The number of carboxylic acids is 2. The van der Waals surface area contributed by atoms with Crippen LogP contribution >= 0.6 is 0 Å². The average Bonchev–Trinajstić information content (AvgIpc) is 1.89. The summed E-state index contributed by atoms with van der Waals surface area (Å²) in [4.78, 5) is 18.5. The fourth-order valence-electron chi connectivity index (χ4n) is 0. The molecule has 74 valence electrons. The van der Waals surface area contributed by atoms with E-state index in [9.17, 15) is 9.59 Å². The van der Waals surface area contributed by atoms with E-state index < -0.39 is 11.9 Å². The number of hydrogen-bond acceptors (Lipinski definition) is 2. The van der Waals surface area contributed by atoms with Crippen molar-refractivity contribution in [1.29, 1.82) is 0 Å². The third-order valence-corrected chi connectivity index (χ3v) is 0.349. The van der Waals surface area contributed by atoms with Gasteiger partial charge in [0, 0.05) is 49.9 Å². The molecule has 0 atom stereocenters. The van der Waals surface area contributed by atoms with Gasteiger partial charge in [0.2, 0.25) is 0 Å². The topological polar surface area (TPSA) is 138 Å². The summed E-state index contributed by atoms with van der Waals surface area (Å²) < 4.78 is 0. The van der Waals surface area contributed by atoms with Crippen LogP contribution in [-0.4, -0.2) is 70.8 Å². The summed E-state index contributed by atoms with van der Waals surface area (Å²) in [5, 5.41) is 15.2. The van der Waals surface area contributed by atoms with Gasteiger partial charge >= 0.3 is 11.9 Å². The normalized spacial score (nSPS) is 4.92. The first kappa shape index (κ1) is 29.4. The van der Waals surface area contributed by atoms with Gasteiger partial charge < -0.3 is 21.2 Å². The van der Waals surface area contributed by atoms with Crippen LogP contribution in [0.3, 0.4) is 0 Å². The summed E-state index contributed by atoms with van der Waals surface area (Å²) in [6.07, 6.45) is 1.67. The van der Waals surface area contributed by atoms with E-state index in [0.29, 0.717) is 0 Å². The van der Waals surface area contributed by atoms with Crippen LogP contribution in [0.4, 0.5) is 0 Å². The molecule has 0 heterocycles. The van der Waals surface area contributed by atoms with Gasteiger partial charge in [-0.2, -0.15) is 0 Å². The van der Waals surface area contributed by atoms with E-state index >= 15 is 0 Å². The first-order valence-corrected chi connectivity index (χ1v) is 2.25. The molecule has 0 saturated heterocycles. The van der Waals surface area contributed by atoms with Crippen molar-refractivity contribution in [3.8, 4) is 0 Å². The van der Waals surface area contributed by atoms with E-state index in [0.717, 1.165) is 12.2 Å². The minimum atomic E-state index is -0.981. The molecule has 0 aliphatic heterocycles. The van der Waals surface area contributed by atoms with Crippen molar-refractivity contribution in [2.24, 2.45) is 0 Å². The Kier molecular flexibility index (Phi) is 51.0. The van der Waals surface area contributed by atoms with E-state index in [4.69, 9.17) is 10.2 Å². The molecule has 6 N–H and O–H groups in total. The number of aliphatic carboxylic acids is 2. The second-order valence-electron chi connectivity index (χ2n) is 1.08. The van der Waals surface area contributed by atoms with E-state index in [1.54, 1.807) is 0 Å². The molecule has 0 aromatic carbocycles. The molecular formula is C6H12CaO6. The van der Waals surface area contributed by atoms with Crippen LogP contribution in [0.5, 0.6) is 0 Å². The molecule has 0 saturated carbocycles. The third-order valence-electron chi connectivity index (χ3n) is 0.349. The van der Waals surface area contributed by atoms with Crippen LogP contribution in [0.2, 0.25) is 0 Å². The fraction of sp³-hybridized carbons (Fsp3) is 0. The molecule has 0 aromatic heterocycles. The minimum absolute atomic E-state index is 0. The SMILES string of the molecule is C=CC(=O)O.C=CC(=O)O.O.O.[Ca]. The Bertz CT molecular complexity index is 137. The van der Waals surface area contributed by atoms with Crippen LogP contribution in [-0.2, 0) is 9.59 Å². The fourth-order valence-corrected chi connectivity index (χ4v) is 0. The monoisotopic (exact) mass is 220 g/mol. The average molecular weight is 220 g/mol. The number of hydrogen-bond donors (Lipinski definition) is 2. The van der Waals surface area contributed by atoms with Gasteiger partial charge in [-0.05, 0) is 0 Å². The molecule has 6 nitrogen and oxygen atoms in total. The molecule has 0 unspecified atom stereocenters. The van der Waals surface area contributed by atoms with Gasteiger partial charge in [-0.3, -0.25) is 0 Å². The molecule has 13 heavy (non-hydrogen) atoms. The Labute approximate surface area is 105 Å². The molecule has 0 rings (SSSR count). The Morgan fingerprint density at radius 3 is 1.00 bits per heavy atom. The molecule has 0 aliphatic carbocycles. The van der Waals surface area contributed by atoms with Crippen LogP contribution in [0.15, 0.2) is 25.3 Å². The maximum Gasteiger partial charge on any atom is 0.327 e. The van der Waals surface area contributed by atoms with Gasteiger partial charge in [0.05, 0.1) is 0 Å². The maximum absolute atomic E-state index is 9.25. The largest absolute Gasteiger partial charge is 0.478 e. The van der Waals surface area contributed by atoms with Gasteiger partial charge in [0.15, 0.2) is 0 Å². The third kappa shape index (κ3) is 82.5. The molecule has 0 bridgehead atoms. The van der Waals surface area contributed by atoms with Crippen LogP contribution < -0.4 is 0 Å².